The van der Waals surface area contributed by atoms with Crippen molar-refractivity contribution in [1.82, 2.24) is 0 Å². The molecule has 135 heavy (non-hydrogen) atoms. The summed E-state index contributed by atoms with van der Waals surface area (Å²) in [6, 6.07) is 161. The molecule has 0 unspecified atom stereocenters. The van der Waals surface area contributed by atoms with Crippen molar-refractivity contribution >= 4 is 280 Å². The molecular formula is C126H75N3O6. The van der Waals surface area contributed by atoms with Gasteiger partial charge in [-0.3, -0.25) is 0 Å². The van der Waals surface area contributed by atoms with Gasteiger partial charge in [-0.2, -0.15) is 0 Å². The highest BCUT2D eigenvalue weighted by molar-refractivity contribution is 6.24. The van der Waals surface area contributed by atoms with E-state index in [1.807, 2.05) is 72.8 Å². The fraction of sp³-hybridized carbons (Fsp3) is 0. The van der Waals surface area contributed by atoms with Crippen molar-refractivity contribution in [2.45, 2.75) is 0 Å². The lowest BCUT2D eigenvalue weighted by atomic mass is 9.96. The van der Waals surface area contributed by atoms with E-state index in [1.54, 1.807) is 0 Å². The normalized spacial score (nSPS) is 12.0. The summed E-state index contributed by atoms with van der Waals surface area (Å²) in [5.74, 6) is 0. The maximum absolute atomic E-state index is 6.37. The Morgan fingerprint density at radius 3 is 0.785 bits per heavy atom. The van der Waals surface area contributed by atoms with Crippen LogP contribution in [0.25, 0.3) is 229 Å². The lowest BCUT2D eigenvalue weighted by Crippen LogP contribution is -2.10. The molecular weight excluding hydrogens is 1650 g/mol. The molecule has 0 spiro atoms. The van der Waals surface area contributed by atoms with Crippen molar-refractivity contribution in [3.05, 3.63) is 455 Å². The topological polar surface area (TPSA) is 88.6 Å². The Morgan fingerprint density at radius 1 is 0.111 bits per heavy atom. The molecule has 0 fully saturated rings. The standard InChI is InChI=1S/3C42H25NO2/c1-2-10-29-26(9-1)19-22-32-30-24-21-28(25-27(30)20-23-31(29)32)43(35-13-7-17-39-41(35)33-11-3-5-15-37(33)44-39)36-14-8-18-40-42(36)34-12-4-6-16-38(34)45-40;1-2-10-31-26(9-1)19-20-28-23-29-24-30(22-21-27(29)25-34(28)31)43(35-13-7-17-39-41(35)32-11-3-5-15-37(32)44-39)36-14-8-18-40-42(36)33-12-4-6-16-38(33)45-40;1-2-8-27-20-30-22-31-23-32(14-13-28(31)21-29(30)19-26(27)7-1)43(33-15-17-41-37(24-33)35-9-3-5-11-39(35)44-41)34-16-18-42-38(25-34)36-10-4-6-12-40(36)45-42/h3*1-25H. The van der Waals surface area contributed by atoms with Crippen LogP contribution in [0, 0.1) is 0 Å². The molecule has 30 aromatic rings. The Balaban J connectivity index is 0.000000101. The van der Waals surface area contributed by atoms with E-state index in [0.717, 1.165) is 183 Å². The Labute approximate surface area is 770 Å². The van der Waals surface area contributed by atoms with Crippen LogP contribution in [-0.2, 0) is 0 Å². The van der Waals surface area contributed by atoms with Crippen molar-refractivity contribution in [2.24, 2.45) is 0 Å². The summed E-state index contributed by atoms with van der Waals surface area (Å²) in [6.45, 7) is 0. The Morgan fingerprint density at radius 2 is 0.348 bits per heavy atom. The molecule has 0 bridgehead atoms. The first-order chi connectivity index (χ1) is 66.9. The van der Waals surface area contributed by atoms with Crippen LogP contribution in [0.15, 0.2) is 481 Å². The van der Waals surface area contributed by atoms with E-state index < -0.39 is 0 Å². The molecule has 9 nitrogen and oxygen atoms in total. The molecule has 630 valence electrons. The van der Waals surface area contributed by atoms with Gasteiger partial charge in [-0.15, -0.1) is 0 Å². The van der Waals surface area contributed by atoms with Crippen LogP contribution in [0.4, 0.5) is 51.2 Å². The summed E-state index contributed by atoms with van der Waals surface area (Å²) in [5, 5.41) is 35.5. The van der Waals surface area contributed by atoms with E-state index in [9.17, 15) is 0 Å². The molecule has 0 amide bonds. The van der Waals surface area contributed by atoms with E-state index in [-0.39, 0.29) is 0 Å². The van der Waals surface area contributed by atoms with Gasteiger partial charge in [-0.1, -0.05) is 261 Å². The number of para-hydroxylation sites is 6. The molecule has 6 aromatic heterocycles. The summed E-state index contributed by atoms with van der Waals surface area (Å²) in [5.41, 5.74) is 20.1. The number of anilines is 9. The maximum atomic E-state index is 6.37. The summed E-state index contributed by atoms with van der Waals surface area (Å²) < 4.78 is 37.8. The van der Waals surface area contributed by atoms with Crippen LogP contribution in [-0.4, -0.2) is 0 Å². The SMILES string of the molecule is c1ccc2c(c1)ccc1c3ccc(N(c4cccc5oc6ccccc6c45)c4cccc5oc6ccccc6c45)cc3ccc21.c1ccc2c(c1)ccc1cc3cc(N(c4cccc5oc6ccccc6c45)c4cccc5oc6ccccc6c45)ccc3cc12.c1ccc2cc3cc4cc(N(c5ccc6oc7ccccc7c6c5)c5ccc6oc7ccccc7c6c5)ccc4cc3cc2c1. The van der Waals surface area contributed by atoms with Gasteiger partial charge >= 0.3 is 0 Å². The maximum Gasteiger partial charge on any atom is 0.137 e. The molecule has 24 aromatic carbocycles. The smallest absolute Gasteiger partial charge is 0.137 e. The minimum Gasteiger partial charge on any atom is -0.456 e. The molecule has 0 saturated heterocycles. The van der Waals surface area contributed by atoms with Crippen LogP contribution in [0.3, 0.4) is 0 Å². The number of hydrogen-bond acceptors (Lipinski definition) is 9. The predicted molar refractivity (Wildman–Crippen MR) is 565 cm³/mol. The summed E-state index contributed by atoms with van der Waals surface area (Å²) >= 11 is 0. The first-order valence-corrected chi connectivity index (χ1v) is 45.8. The molecule has 0 radical (unpaired) electrons. The van der Waals surface area contributed by atoms with Crippen molar-refractivity contribution in [1.29, 1.82) is 0 Å². The van der Waals surface area contributed by atoms with E-state index in [1.165, 1.54) is 97.0 Å². The van der Waals surface area contributed by atoms with Gasteiger partial charge in [0.25, 0.3) is 0 Å². The first kappa shape index (κ1) is 75.8. The highest BCUT2D eigenvalue weighted by Gasteiger charge is 2.28. The van der Waals surface area contributed by atoms with E-state index in [2.05, 4.69) is 397 Å². The zero-order valence-corrected chi connectivity index (χ0v) is 72.6. The van der Waals surface area contributed by atoms with Crippen LogP contribution in [0.5, 0.6) is 0 Å². The van der Waals surface area contributed by atoms with E-state index in [0.29, 0.717) is 0 Å². The minimum absolute atomic E-state index is 0.863. The fourth-order valence-corrected chi connectivity index (χ4v) is 21.4. The van der Waals surface area contributed by atoms with Crippen LogP contribution >= 0.6 is 0 Å². The second kappa shape index (κ2) is 30.2. The molecule has 0 atom stereocenters. The van der Waals surface area contributed by atoms with Gasteiger partial charge in [0.2, 0.25) is 0 Å². The number of hydrogen-bond donors (Lipinski definition) is 0. The quantitative estimate of drug-likeness (QED) is 0.104. The third-order valence-electron chi connectivity index (χ3n) is 27.6. The van der Waals surface area contributed by atoms with Gasteiger partial charge in [0.15, 0.2) is 0 Å². The zero-order chi connectivity index (χ0) is 88.5. The average molecular weight is 1730 g/mol. The van der Waals surface area contributed by atoms with Crippen LogP contribution < -0.4 is 14.7 Å². The molecule has 6 heterocycles. The third kappa shape index (κ3) is 12.3. The molecule has 0 aliphatic carbocycles. The lowest BCUT2D eigenvalue weighted by Gasteiger charge is -2.27. The molecule has 0 saturated carbocycles. The first-order valence-electron chi connectivity index (χ1n) is 45.8. The second-order valence-electron chi connectivity index (χ2n) is 35.2. The summed E-state index contributed by atoms with van der Waals surface area (Å²) in [6.07, 6.45) is 0. The predicted octanol–water partition coefficient (Wildman–Crippen LogP) is 37.2. The lowest BCUT2D eigenvalue weighted by molar-refractivity contribution is 0.668. The van der Waals surface area contributed by atoms with Gasteiger partial charge < -0.3 is 41.2 Å². The van der Waals surface area contributed by atoms with Crippen molar-refractivity contribution in [3.8, 4) is 0 Å². The highest BCUT2D eigenvalue weighted by Crippen LogP contribution is 2.52. The Kier molecular flexibility index (Phi) is 17.0. The molecule has 0 aliphatic heterocycles. The van der Waals surface area contributed by atoms with Gasteiger partial charge in [0.05, 0.1) is 44.3 Å². The van der Waals surface area contributed by atoms with E-state index >= 15 is 0 Å². The van der Waals surface area contributed by atoms with Crippen LogP contribution in [0.1, 0.15) is 0 Å². The second-order valence-corrected chi connectivity index (χ2v) is 35.2. The monoisotopic (exact) mass is 1730 g/mol. The number of nitrogens with zero attached hydrogens (tertiary/aromatic N) is 3. The largest absolute Gasteiger partial charge is 0.456 e. The fourth-order valence-electron chi connectivity index (χ4n) is 21.4. The number of benzene rings is 24. The van der Waals surface area contributed by atoms with Crippen LogP contribution in [0.2, 0.25) is 0 Å². The molecule has 0 aliphatic rings. The number of furan rings is 6. The number of rotatable bonds is 9. The van der Waals surface area contributed by atoms with Crippen molar-refractivity contribution in [2.75, 3.05) is 14.7 Å². The van der Waals surface area contributed by atoms with Crippen molar-refractivity contribution < 1.29 is 26.5 Å². The van der Waals surface area contributed by atoms with Crippen molar-refractivity contribution in [3.63, 3.8) is 0 Å². The zero-order valence-electron chi connectivity index (χ0n) is 72.6. The van der Waals surface area contributed by atoms with E-state index in [4.69, 9.17) is 26.5 Å². The molecule has 9 heteroatoms. The Bertz CT molecular complexity index is 9570. The summed E-state index contributed by atoms with van der Waals surface area (Å²) in [7, 11) is 0. The number of fused-ring (bicyclic) bond motifs is 30. The van der Waals surface area contributed by atoms with Gasteiger partial charge in [0.1, 0.15) is 67.0 Å². The van der Waals surface area contributed by atoms with Gasteiger partial charge in [0, 0.05) is 71.5 Å². The average Bonchev–Trinajstić information content (AvgIpc) is 1.64. The molecule has 30 rings (SSSR count). The Hall–Kier alpha value is -18.2. The molecule has 0 N–H and O–H groups in total. The third-order valence-corrected chi connectivity index (χ3v) is 27.6. The summed E-state index contributed by atoms with van der Waals surface area (Å²) in [4.78, 5) is 7.09. The highest BCUT2D eigenvalue weighted by atomic mass is 16.3. The van der Waals surface area contributed by atoms with Gasteiger partial charge in [-0.25, -0.2) is 0 Å². The van der Waals surface area contributed by atoms with Gasteiger partial charge in [-0.05, 0) is 291 Å². The minimum atomic E-state index is 0.863.